The first kappa shape index (κ1) is 16.4. The Hall–Kier alpha value is -3.05. The fraction of sp³-hybridized carbons (Fsp3) is 0.143. The Bertz CT molecular complexity index is 1040. The van der Waals surface area contributed by atoms with E-state index in [1.54, 1.807) is 30.7 Å². The number of hydrogen-bond donors (Lipinski definition) is 1. The second-order valence-electron chi connectivity index (χ2n) is 6.24. The molecule has 3 heterocycles. The fourth-order valence-corrected chi connectivity index (χ4v) is 3.36. The van der Waals surface area contributed by atoms with Gasteiger partial charge in [0.05, 0.1) is 29.4 Å². The predicted octanol–water partition coefficient (Wildman–Crippen LogP) is 4.46. The van der Waals surface area contributed by atoms with Gasteiger partial charge >= 0.3 is 0 Å². The molecule has 0 aliphatic heterocycles. The van der Waals surface area contributed by atoms with Crippen LogP contribution in [0.25, 0.3) is 33.4 Å². The van der Waals surface area contributed by atoms with Crippen molar-refractivity contribution in [2.75, 3.05) is 6.61 Å². The molecule has 0 saturated carbocycles. The van der Waals surface area contributed by atoms with E-state index in [0.717, 1.165) is 33.4 Å². The molecule has 0 aliphatic rings. The van der Waals surface area contributed by atoms with Gasteiger partial charge in [0.2, 0.25) is 0 Å². The molecule has 0 saturated heterocycles. The second-order valence-corrected chi connectivity index (χ2v) is 6.24. The predicted molar refractivity (Wildman–Crippen MR) is 100 cm³/mol. The van der Waals surface area contributed by atoms with Gasteiger partial charge in [-0.2, -0.15) is 0 Å². The van der Waals surface area contributed by atoms with Gasteiger partial charge in [0, 0.05) is 29.7 Å². The van der Waals surface area contributed by atoms with E-state index in [9.17, 15) is 9.50 Å². The average Bonchev–Trinajstić information content (AvgIpc) is 3.04. The molecule has 0 fully saturated rings. The monoisotopic (exact) mass is 347 g/mol. The van der Waals surface area contributed by atoms with E-state index in [2.05, 4.69) is 14.5 Å². The summed E-state index contributed by atoms with van der Waals surface area (Å²) < 4.78 is 15.6. The third kappa shape index (κ3) is 2.66. The van der Waals surface area contributed by atoms with Crippen LogP contribution in [-0.4, -0.2) is 26.2 Å². The number of aliphatic hydroxyl groups is 1. The smallest absolute Gasteiger partial charge is 0.123 e. The molecule has 0 amide bonds. The number of aromatic nitrogens is 3. The van der Waals surface area contributed by atoms with Crippen molar-refractivity contribution in [3.8, 4) is 22.4 Å². The highest BCUT2D eigenvalue weighted by atomic mass is 19.1. The number of benzene rings is 1. The maximum Gasteiger partial charge on any atom is 0.123 e. The highest BCUT2D eigenvalue weighted by Crippen LogP contribution is 2.41. The minimum absolute atomic E-state index is 0.000381. The van der Waals surface area contributed by atoms with Crippen LogP contribution in [0, 0.1) is 5.82 Å². The molecule has 26 heavy (non-hydrogen) atoms. The van der Waals surface area contributed by atoms with Gasteiger partial charge < -0.3 is 9.67 Å². The highest BCUT2D eigenvalue weighted by molar-refractivity contribution is 6.02. The number of pyridine rings is 2. The van der Waals surface area contributed by atoms with Crippen molar-refractivity contribution in [3.63, 3.8) is 0 Å². The molecule has 0 bridgehead atoms. The molecular weight excluding hydrogens is 329 g/mol. The molecule has 0 aliphatic carbocycles. The summed E-state index contributed by atoms with van der Waals surface area (Å²) >= 11 is 0. The quantitative estimate of drug-likeness (QED) is 0.593. The minimum atomic E-state index is -0.278. The molecule has 4 nitrogen and oxygen atoms in total. The van der Waals surface area contributed by atoms with Crippen LogP contribution in [0.1, 0.15) is 13.0 Å². The maximum atomic E-state index is 13.5. The molecular formula is C21H18FN3O. The lowest BCUT2D eigenvalue weighted by molar-refractivity contribution is 0.242. The zero-order valence-electron chi connectivity index (χ0n) is 14.3. The molecule has 1 aromatic carbocycles. The molecule has 3 aromatic heterocycles. The van der Waals surface area contributed by atoms with Crippen molar-refractivity contribution < 1.29 is 9.50 Å². The summed E-state index contributed by atoms with van der Waals surface area (Å²) in [7, 11) is 0. The van der Waals surface area contributed by atoms with E-state index in [1.807, 2.05) is 31.2 Å². The van der Waals surface area contributed by atoms with E-state index >= 15 is 0 Å². The molecule has 130 valence electrons. The number of rotatable bonds is 4. The van der Waals surface area contributed by atoms with Crippen LogP contribution in [0.15, 0.2) is 67.1 Å². The molecule has 0 spiro atoms. The van der Waals surface area contributed by atoms with Crippen molar-refractivity contribution in [2.24, 2.45) is 0 Å². The van der Waals surface area contributed by atoms with Gasteiger partial charge in [-0.25, -0.2) is 4.39 Å². The summed E-state index contributed by atoms with van der Waals surface area (Å²) in [4.78, 5) is 8.70. The molecule has 4 aromatic rings. The summed E-state index contributed by atoms with van der Waals surface area (Å²) in [6, 6.07) is 14.0. The summed E-state index contributed by atoms with van der Waals surface area (Å²) in [5.74, 6) is -0.278. The molecule has 0 radical (unpaired) electrons. The van der Waals surface area contributed by atoms with Gasteiger partial charge in [-0.3, -0.25) is 9.97 Å². The highest BCUT2D eigenvalue weighted by Gasteiger charge is 2.23. The SMILES string of the molecule is CC(CO)n1c(-c2ccncc2)c(-c2ccc(F)cc2)c2ncccc21. The molecule has 5 heteroatoms. The first-order chi connectivity index (χ1) is 12.7. The van der Waals surface area contributed by atoms with Gasteiger partial charge in [0.15, 0.2) is 0 Å². The summed E-state index contributed by atoms with van der Waals surface area (Å²) in [5.41, 5.74) is 5.47. The Balaban J connectivity index is 2.14. The van der Waals surface area contributed by atoms with Crippen molar-refractivity contribution in [1.29, 1.82) is 0 Å². The van der Waals surface area contributed by atoms with Gasteiger partial charge in [0.1, 0.15) is 5.82 Å². The third-order valence-electron chi connectivity index (χ3n) is 4.55. The van der Waals surface area contributed by atoms with Crippen LogP contribution in [-0.2, 0) is 0 Å². The van der Waals surface area contributed by atoms with Crippen molar-refractivity contribution in [3.05, 3.63) is 72.9 Å². The topological polar surface area (TPSA) is 50.9 Å². The zero-order valence-corrected chi connectivity index (χ0v) is 14.3. The Morgan fingerprint density at radius 3 is 2.42 bits per heavy atom. The van der Waals surface area contributed by atoms with Crippen molar-refractivity contribution in [2.45, 2.75) is 13.0 Å². The van der Waals surface area contributed by atoms with E-state index in [1.165, 1.54) is 12.1 Å². The number of halogens is 1. The first-order valence-electron chi connectivity index (χ1n) is 8.47. The lowest BCUT2D eigenvalue weighted by Gasteiger charge is -2.17. The summed E-state index contributed by atoms with van der Waals surface area (Å²) in [6.07, 6.45) is 5.23. The molecule has 1 N–H and O–H groups in total. The van der Waals surface area contributed by atoms with Crippen LogP contribution >= 0.6 is 0 Å². The van der Waals surface area contributed by atoms with Crippen molar-refractivity contribution >= 4 is 11.0 Å². The van der Waals surface area contributed by atoms with Crippen LogP contribution in [0.3, 0.4) is 0 Å². The van der Waals surface area contributed by atoms with Crippen LogP contribution in [0.5, 0.6) is 0 Å². The summed E-state index contributed by atoms with van der Waals surface area (Å²) in [6.45, 7) is 1.96. The van der Waals surface area contributed by atoms with Gasteiger partial charge in [-0.1, -0.05) is 12.1 Å². The van der Waals surface area contributed by atoms with E-state index < -0.39 is 0 Å². The van der Waals surface area contributed by atoms with Gasteiger partial charge in [-0.15, -0.1) is 0 Å². The van der Waals surface area contributed by atoms with Crippen LogP contribution in [0.2, 0.25) is 0 Å². The van der Waals surface area contributed by atoms with Crippen LogP contribution in [0.4, 0.5) is 4.39 Å². The Kier molecular flexibility index (Phi) is 4.22. The van der Waals surface area contributed by atoms with E-state index in [-0.39, 0.29) is 18.5 Å². The molecule has 1 unspecified atom stereocenters. The number of hydrogen-bond acceptors (Lipinski definition) is 3. The zero-order chi connectivity index (χ0) is 18.1. The van der Waals surface area contributed by atoms with Crippen LogP contribution < -0.4 is 0 Å². The fourth-order valence-electron chi connectivity index (χ4n) is 3.36. The number of nitrogens with zero attached hydrogens (tertiary/aromatic N) is 3. The average molecular weight is 347 g/mol. The molecule has 1 atom stereocenters. The van der Waals surface area contributed by atoms with Gasteiger partial charge in [0.25, 0.3) is 0 Å². The number of fused-ring (bicyclic) bond motifs is 1. The maximum absolute atomic E-state index is 13.5. The Labute approximate surface area is 150 Å². The third-order valence-corrected chi connectivity index (χ3v) is 4.55. The normalized spacial score (nSPS) is 12.4. The van der Waals surface area contributed by atoms with E-state index in [0.29, 0.717) is 0 Å². The first-order valence-corrected chi connectivity index (χ1v) is 8.47. The van der Waals surface area contributed by atoms with E-state index in [4.69, 9.17) is 0 Å². The van der Waals surface area contributed by atoms with Gasteiger partial charge in [-0.05, 0) is 48.9 Å². The molecule has 4 rings (SSSR count). The Morgan fingerprint density at radius 1 is 1.00 bits per heavy atom. The standard InChI is InChI=1S/C21H18FN3O/c1-14(13-26)25-18-3-2-10-24-20(18)19(15-4-6-17(22)7-5-15)21(25)16-8-11-23-12-9-16/h2-12,14,26H,13H2,1H3. The lowest BCUT2D eigenvalue weighted by atomic mass is 10.0. The lowest BCUT2D eigenvalue weighted by Crippen LogP contribution is -2.10. The Morgan fingerprint density at radius 2 is 1.73 bits per heavy atom. The van der Waals surface area contributed by atoms with Crippen molar-refractivity contribution in [1.82, 2.24) is 14.5 Å². The minimum Gasteiger partial charge on any atom is -0.394 e. The summed E-state index contributed by atoms with van der Waals surface area (Å²) in [5, 5.41) is 9.83. The number of aliphatic hydroxyl groups excluding tert-OH is 1. The largest absolute Gasteiger partial charge is 0.394 e. The second kappa shape index (κ2) is 6.69.